The molecule has 0 aromatic heterocycles. The predicted octanol–water partition coefficient (Wildman–Crippen LogP) is 11.4. The second-order valence-corrected chi connectivity index (χ2v) is 9.68. The zero-order valence-corrected chi connectivity index (χ0v) is 66.5. The molecule has 0 rings (SSSR count). The highest BCUT2D eigenvalue weighted by atomic mass is 15.7. The molecule has 0 aliphatic rings. The van der Waals surface area contributed by atoms with Crippen molar-refractivity contribution in [3.63, 3.8) is 0 Å². The summed E-state index contributed by atoms with van der Waals surface area (Å²) in [6.07, 6.45) is 2.22. The average molecular weight is 1990 g/mol. The van der Waals surface area contributed by atoms with Crippen molar-refractivity contribution in [3.05, 3.63) is 0 Å². The van der Waals surface area contributed by atoms with Crippen molar-refractivity contribution in [2.45, 2.75) is 0 Å². The number of nitrogens with zero attached hydrogens (tertiary/aromatic N) is 111. The lowest BCUT2D eigenvalue weighted by atomic mass is 10.7. The Morgan fingerprint density at radius 3 is 0.639 bits per heavy atom. The van der Waals surface area contributed by atoms with Gasteiger partial charge in [-0.15, -0.1) is 20.2 Å². The average Bonchev–Trinajstić information content (AvgIpc) is 0.998. The van der Waals surface area contributed by atoms with Gasteiger partial charge in [-0.1, -0.05) is 77.1 Å². The van der Waals surface area contributed by atoms with Gasteiger partial charge in [0.1, 0.15) is 12.4 Å². The van der Waals surface area contributed by atoms with E-state index in [4.69, 9.17) is 265 Å². The van der Waals surface area contributed by atoms with Crippen molar-refractivity contribution >= 4 is 12.4 Å². The molecular formula is C24H18N120. The molecule has 0 aliphatic carbocycles. The van der Waals surface area contributed by atoms with Crippen LogP contribution in [0.1, 0.15) is 2.85 Å². The molecule has 0 heterocycles. The molecule has 0 amide bonds. The quantitative estimate of drug-likeness (QED) is 0.00701. The number of hydrogen-bond donors (Lipinski definition) is 9. The maximum absolute atomic E-state index is 7.98. The Hall–Kier alpha value is -33.1. The molecule has 0 bridgehead atoms. The molecule has 0 saturated heterocycles. The largest absolute Gasteiger partial charge is 0.303 e. The SMILES string of the molecule is N#CC#CN=NN=NC#C/C=N/N=N/N=N.N#CC#CN=NNC#C/C=N/N=N/N.N#N.N#N.N#N.N#N.N#N.N#N.N#N.N#N.N#N.N#N.N#N.N#N.N#N.N#N.N#N.N#N.N#N.N#N.N#N.N#N.N#N.N=N/N=N/N=N/N=N/N=NC#CN(C#CN=N/N=N/N=N/N=N/N=N)/N=N/N=NC#CN=N/N=N/N.N=N/N=N/N=N/N=N/N=NC#CN(C#CN=N/N=N/N=N/N=N/N=N)/N=N/N=NC#CN=N/N=N/N.[2HH].[2HH]. The Balaban J connectivity index is -0.0000000474. The normalized spacial score (nSPS) is 8.50. The van der Waals surface area contributed by atoms with E-state index in [9.17, 15) is 0 Å². The minimum absolute atomic E-state index is 0. The standard InChI is InChI=1S/2C6H4N30.C6H2N10.C6H4N8.21N2.2H2/c2*7-14-21-17-10-1-2-11-20-34-35-36(5-3-12-18-24-28-32-30-26-22-15-8)6-4-13-19-25-29-33-31-27-23-16-9;7-3-1-4-9-13-14-10-5-2-6-11-15-16-12-8;7-3-1-4-9-13-10-5-2-6-11-14-12-8;21*1-2;;/h2*8-9H,(H2,7,10,21);6,8H;6H,(H2,8,14)(H,9,10);;;;;;;;;;;;;;;;;;;;;;2*1H/b2*15-8?,16-9?,18-12?,19-13?,20-11?,26-22+,27-23+,28-24+,29-25+,32-30+,33-31+,35-34+;11-6+,12-8?,13-9?,14-10?,16-15+;11-6+;;;;;;;;;;;;;;;;;;;;;;;/i;;;;;;;;;;;;;;;;;;;;;;;;;2*1+1. The van der Waals surface area contributed by atoms with E-state index in [1.54, 1.807) is 6.07 Å². The van der Waals surface area contributed by atoms with Gasteiger partial charge in [-0.2, -0.15) is 38.2 Å². The summed E-state index contributed by atoms with van der Waals surface area (Å²) in [6.45, 7) is 0. The second kappa shape index (κ2) is 329. The first-order chi connectivity index (χ1) is 71.5. The van der Waals surface area contributed by atoms with Crippen LogP contribution in [0.4, 0.5) is 0 Å². The van der Waals surface area contributed by atoms with Gasteiger partial charge < -0.3 is 17.5 Å². The molecule has 0 aromatic carbocycles. The van der Waals surface area contributed by atoms with Crippen LogP contribution in [0.15, 0.2) is 338 Å². The van der Waals surface area contributed by atoms with Gasteiger partial charge in [0.25, 0.3) is 0 Å². The molecule has 0 aromatic rings. The molecule has 0 fully saturated rings. The van der Waals surface area contributed by atoms with Crippen LogP contribution in [0.25, 0.3) is 0 Å². The zero-order valence-electron chi connectivity index (χ0n) is 66.5. The third-order valence-electron chi connectivity index (χ3n) is 4.42. The Kier molecular flexibility index (Phi) is 415. The highest BCUT2D eigenvalue weighted by Crippen LogP contribution is 1.94. The first-order valence-electron chi connectivity index (χ1n) is 25.5. The second-order valence-electron chi connectivity index (χ2n) is 9.68. The van der Waals surface area contributed by atoms with Gasteiger partial charge in [0.2, 0.25) is 0 Å². The lowest BCUT2D eigenvalue weighted by Crippen LogP contribution is -1.99. The van der Waals surface area contributed by atoms with Crippen LogP contribution in [0.5, 0.6) is 0 Å². The van der Waals surface area contributed by atoms with Gasteiger partial charge in [-0.25, -0.2) is 5.43 Å². The van der Waals surface area contributed by atoms with E-state index in [-0.39, 0.29) is 2.85 Å². The Morgan fingerprint density at radius 1 is 0.201 bits per heavy atom. The molecule has 120 nitrogen and oxygen atoms in total. The molecule has 0 spiro atoms. The van der Waals surface area contributed by atoms with Gasteiger partial charge in [-0.3, -0.25) is 0 Å². The van der Waals surface area contributed by atoms with E-state index in [0.717, 1.165) is 12.4 Å². The first-order valence-corrected chi connectivity index (χ1v) is 25.5. The third-order valence-corrected chi connectivity index (χ3v) is 4.42. The fraction of sp³-hybridized carbons (Fsp3) is 0. The van der Waals surface area contributed by atoms with E-state index >= 15 is 0 Å². The van der Waals surface area contributed by atoms with Gasteiger partial charge in [0, 0.05) is 247 Å². The minimum Gasteiger partial charge on any atom is -0.303 e. The number of nitrogens with two attached hydrogens (primary N) is 3. The molecule has 0 unspecified atom stereocenters. The van der Waals surface area contributed by atoms with E-state index in [0.29, 0.717) is 10.0 Å². The molecule has 714 valence electrons. The number of nitriles is 2. The van der Waals surface area contributed by atoms with Crippen LogP contribution >= 0.6 is 0 Å². The summed E-state index contributed by atoms with van der Waals surface area (Å²) in [5, 5.41) is 466. The molecule has 0 aliphatic heterocycles. The summed E-state index contributed by atoms with van der Waals surface area (Å²) in [4.78, 5) is 0. The summed E-state index contributed by atoms with van der Waals surface area (Å²) in [6, 6.07) is 37.1. The van der Waals surface area contributed by atoms with Crippen molar-refractivity contribution in [3.8, 4) is 133 Å². The Morgan fingerprint density at radius 2 is 0.389 bits per heavy atom. The van der Waals surface area contributed by atoms with E-state index in [1.165, 1.54) is 6.07 Å². The van der Waals surface area contributed by atoms with Crippen LogP contribution in [0.3, 0.4) is 0 Å². The first kappa shape index (κ1) is 182. The van der Waals surface area contributed by atoms with Crippen LogP contribution in [-0.2, 0) is 0 Å². The van der Waals surface area contributed by atoms with Crippen molar-refractivity contribution < 1.29 is 2.85 Å². The highest BCUT2D eigenvalue weighted by molar-refractivity contribution is 5.78. The molecular weight excluding hydrogens is 1970 g/mol. The lowest BCUT2D eigenvalue weighted by Gasteiger charge is -1.93. The van der Waals surface area contributed by atoms with Crippen LogP contribution in [0, 0.1) is 397 Å². The summed E-state index contributed by atoms with van der Waals surface area (Å²) < 4.78 is 0. The van der Waals surface area contributed by atoms with Gasteiger partial charge in [0.05, 0.1) is 90.7 Å². The maximum atomic E-state index is 7.98. The molecule has 0 radical (unpaired) electrons. The van der Waals surface area contributed by atoms with E-state index in [2.05, 4.69) is 464 Å². The van der Waals surface area contributed by atoms with Gasteiger partial charge in [0.15, 0.2) is 12.1 Å². The Labute approximate surface area is 782 Å². The van der Waals surface area contributed by atoms with Gasteiger partial charge >= 0.3 is 0 Å². The van der Waals surface area contributed by atoms with Crippen molar-refractivity contribution in [1.82, 2.24) is 15.4 Å². The topological polar surface area (TPSA) is 2070 Å². The Bertz CT molecular complexity index is 4870. The van der Waals surface area contributed by atoms with Crippen LogP contribution in [-0.4, -0.2) is 22.4 Å². The van der Waals surface area contributed by atoms with Crippen molar-refractivity contribution in [2.24, 2.45) is 356 Å². The summed E-state index contributed by atoms with van der Waals surface area (Å²) in [5.74, 6) is 22.7. The molecule has 0 atom stereocenters. The summed E-state index contributed by atoms with van der Waals surface area (Å²) in [7, 11) is 0. The fourth-order valence-electron chi connectivity index (χ4n) is 2.02. The minimum atomic E-state index is 0. The van der Waals surface area contributed by atoms with Crippen molar-refractivity contribution in [2.75, 3.05) is 0 Å². The van der Waals surface area contributed by atoms with Crippen LogP contribution in [0.2, 0.25) is 0 Å². The summed E-state index contributed by atoms with van der Waals surface area (Å²) in [5.41, 5.74) is 33.6. The smallest absolute Gasteiger partial charge is 0.154 e. The number of hydrogen-bond acceptors (Lipinski definition) is 68. The molecule has 0 saturated carbocycles. The molecule has 120 heteroatoms. The maximum Gasteiger partial charge on any atom is 0.154 e. The highest BCUT2D eigenvalue weighted by Gasteiger charge is 1.91. The lowest BCUT2D eigenvalue weighted by molar-refractivity contribution is 0.544. The zero-order chi connectivity index (χ0) is 117. The summed E-state index contributed by atoms with van der Waals surface area (Å²) >= 11 is 0. The van der Waals surface area contributed by atoms with E-state index in [1.807, 2.05) is 17.9 Å². The molecule has 144 heavy (non-hydrogen) atoms. The predicted molar refractivity (Wildman–Crippen MR) is 369 cm³/mol. The number of rotatable bonds is 27. The van der Waals surface area contributed by atoms with Crippen molar-refractivity contribution in [1.29, 1.82) is 265 Å². The van der Waals surface area contributed by atoms with Gasteiger partial charge in [-0.05, 0) is 263 Å². The van der Waals surface area contributed by atoms with Crippen LogP contribution < -0.4 is 23.0 Å². The van der Waals surface area contributed by atoms with E-state index < -0.39 is 0 Å². The third kappa shape index (κ3) is 342. The monoisotopic (exact) mass is 1990 g/mol. The number of nitrogens with one attached hydrogen (secondary N) is 6. The fourth-order valence-corrected chi connectivity index (χ4v) is 2.02. The molecule has 12 N–H and O–H groups in total.